The van der Waals surface area contributed by atoms with E-state index in [1.54, 1.807) is 18.2 Å². The zero-order valence-electron chi connectivity index (χ0n) is 9.94. The molecule has 0 atom stereocenters. The first kappa shape index (κ1) is 12.4. The topological polar surface area (TPSA) is 94.6 Å². The van der Waals surface area contributed by atoms with Gasteiger partial charge in [-0.3, -0.25) is 4.79 Å². The molecule has 1 aromatic heterocycles. The van der Waals surface area contributed by atoms with Gasteiger partial charge in [-0.05, 0) is 24.3 Å². The first-order valence-corrected chi connectivity index (χ1v) is 6.88. The van der Waals surface area contributed by atoms with Crippen LogP contribution in [0, 0.1) is 0 Å². The molecule has 1 N–H and O–H groups in total. The predicted molar refractivity (Wildman–Crippen MR) is 68.8 cm³/mol. The summed E-state index contributed by atoms with van der Waals surface area (Å²) in [6, 6.07) is 9.35. The summed E-state index contributed by atoms with van der Waals surface area (Å²) in [5.41, 5.74) is 0.0502. The number of fused-ring (bicyclic) bond motifs is 1. The van der Waals surface area contributed by atoms with Crippen LogP contribution in [-0.2, 0) is 10.4 Å². The third kappa shape index (κ3) is 2.28. The minimum Gasteiger partial charge on any atom is -0.349 e. The molecule has 20 heavy (non-hydrogen) atoms. The van der Waals surface area contributed by atoms with Crippen LogP contribution in [0.1, 0.15) is 10.4 Å². The Labute approximate surface area is 114 Å². The van der Waals surface area contributed by atoms with Crippen molar-refractivity contribution in [3.63, 3.8) is 0 Å². The zero-order chi connectivity index (χ0) is 14.2. The van der Waals surface area contributed by atoms with E-state index in [9.17, 15) is 13.2 Å². The number of nitrogens with one attached hydrogen (secondary N) is 1. The monoisotopic (exact) mass is 292 g/mol. The van der Waals surface area contributed by atoms with Crippen LogP contribution in [-0.4, -0.2) is 19.3 Å². The Balaban J connectivity index is 1.93. The van der Waals surface area contributed by atoms with Crippen LogP contribution >= 0.6 is 0 Å². The van der Waals surface area contributed by atoms with Gasteiger partial charge in [0.1, 0.15) is 5.82 Å². The third-order valence-electron chi connectivity index (χ3n) is 2.51. The van der Waals surface area contributed by atoms with E-state index in [-0.39, 0.29) is 17.1 Å². The van der Waals surface area contributed by atoms with Crippen LogP contribution in [0.15, 0.2) is 42.6 Å². The average molecular weight is 292 g/mol. The van der Waals surface area contributed by atoms with E-state index in [1.807, 2.05) is 0 Å². The highest BCUT2D eigenvalue weighted by molar-refractivity contribution is 7.82. The number of carbonyl (C=O) groups is 1. The Morgan fingerprint density at radius 3 is 2.70 bits per heavy atom. The van der Waals surface area contributed by atoms with Crippen LogP contribution in [0.3, 0.4) is 0 Å². The molecule has 2 heterocycles. The average Bonchev–Trinajstić information content (AvgIpc) is 2.73. The van der Waals surface area contributed by atoms with Crippen LogP contribution < -0.4 is 13.7 Å². The summed E-state index contributed by atoms with van der Waals surface area (Å²) in [6.07, 6.45) is 1.52. The van der Waals surface area contributed by atoms with Gasteiger partial charge in [0.15, 0.2) is 5.75 Å². The van der Waals surface area contributed by atoms with Gasteiger partial charge < -0.3 is 13.7 Å². The molecule has 2 aromatic rings. The number of anilines is 1. The Morgan fingerprint density at radius 1 is 1.10 bits per heavy atom. The summed E-state index contributed by atoms with van der Waals surface area (Å²) in [5.74, 6) is -0.335. The molecule has 0 saturated carbocycles. The van der Waals surface area contributed by atoms with Crippen molar-refractivity contribution in [3.05, 3.63) is 48.2 Å². The molecule has 7 nitrogen and oxygen atoms in total. The van der Waals surface area contributed by atoms with Crippen molar-refractivity contribution in [2.45, 2.75) is 0 Å². The van der Waals surface area contributed by atoms with Gasteiger partial charge in [-0.25, -0.2) is 4.98 Å². The number of aromatic nitrogens is 1. The summed E-state index contributed by atoms with van der Waals surface area (Å²) >= 11 is 0. The van der Waals surface area contributed by atoms with Gasteiger partial charge in [-0.15, -0.1) is 8.42 Å². The fraction of sp³-hybridized carbons (Fsp3) is 0. The summed E-state index contributed by atoms with van der Waals surface area (Å²) < 4.78 is 31.7. The fourth-order valence-electron chi connectivity index (χ4n) is 1.70. The van der Waals surface area contributed by atoms with E-state index in [1.165, 1.54) is 24.4 Å². The van der Waals surface area contributed by atoms with Gasteiger partial charge in [-0.2, -0.15) is 0 Å². The lowest BCUT2D eigenvalue weighted by atomic mass is 10.1. The minimum atomic E-state index is -4.13. The van der Waals surface area contributed by atoms with E-state index in [2.05, 4.69) is 18.7 Å². The Hall–Kier alpha value is -2.61. The smallest absolute Gasteiger partial charge is 0.349 e. The number of amides is 1. The van der Waals surface area contributed by atoms with Crippen molar-refractivity contribution in [2.75, 3.05) is 5.32 Å². The second-order valence-corrected chi connectivity index (χ2v) is 5.03. The summed E-state index contributed by atoms with van der Waals surface area (Å²) in [7, 11) is -4.13. The highest BCUT2D eigenvalue weighted by Gasteiger charge is 2.32. The molecule has 1 aliphatic heterocycles. The van der Waals surface area contributed by atoms with Crippen LogP contribution in [0.25, 0.3) is 0 Å². The number of carbonyl (C=O) groups excluding carboxylic acids is 1. The highest BCUT2D eigenvalue weighted by atomic mass is 32.3. The second kappa shape index (κ2) is 4.49. The molecule has 0 radical (unpaired) electrons. The van der Waals surface area contributed by atoms with E-state index >= 15 is 0 Å². The van der Waals surface area contributed by atoms with Crippen molar-refractivity contribution in [1.82, 2.24) is 4.98 Å². The van der Waals surface area contributed by atoms with Crippen molar-refractivity contribution in [2.24, 2.45) is 0 Å². The maximum atomic E-state index is 12.1. The molecule has 8 heteroatoms. The maximum absolute atomic E-state index is 12.1. The number of benzene rings is 1. The Morgan fingerprint density at radius 2 is 1.95 bits per heavy atom. The minimum absolute atomic E-state index is 0.0151. The maximum Gasteiger partial charge on any atom is 0.501 e. The summed E-state index contributed by atoms with van der Waals surface area (Å²) in [4.78, 5) is 16.0. The van der Waals surface area contributed by atoms with Gasteiger partial charge >= 0.3 is 10.4 Å². The van der Waals surface area contributed by atoms with E-state index in [0.717, 1.165) is 0 Å². The highest BCUT2D eigenvalue weighted by Crippen LogP contribution is 2.38. The molecular formula is C12H8N2O5S. The van der Waals surface area contributed by atoms with Crippen molar-refractivity contribution < 1.29 is 21.6 Å². The molecule has 0 fully saturated rings. The molecule has 0 unspecified atom stereocenters. The molecule has 0 aliphatic carbocycles. The lowest BCUT2D eigenvalue weighted by Crippen LogP contribution is -2.14. The number of para-hydroxylation sites is 1. The van der Waals surface area contributed by atoms with Gasteiger partial charge in [0.25, 0.3) is 5.91 Å². The third-order valence-corrected chi connectivity index (χ3v) is 3.26. The Bertz CT molecular complexity index is 774. The molecule has 0 saturated heterocycles. The fourth-order valence-corrected chi connectivity index (χ4v) is 2.46. The van der Waals surface area contributed by atoms with E-state index in [4.69, 9.17) is 0 Å². The molecule has 1 aliphatic rings. The lowest BCUT2D eigenvalue weighted by molar-refractivity contribution is 0.102. The standard InChI is InChI=1S/C12H8N2O5S/c15-12(14-10-6-1-2-7-13-10)8-4-3-5-9-11(8)19-20(16,17)18-9/h1-7H,(H,13,14,15). The van der Waals surface area contributed by atoms with Gasteiger partial charge in [0, 0.05) is 6.20 Å². The van der Waals surface area contributed by atoms with Gasteiger partial charge in [-0.1, -0.05) is 12.1 Å². The number of nitrogens with zero attached hydrogens (tertiary/aromatic N) is 1. The Kier molecular flexibility index (Phi) is 2.79. The molecule has 3 rings (SSSR count). The number of rotatable bonds is 2. The number of hydrogen-bond acceptors (Lipinski definition) is 6. The molecule has 1 aromatic carbocycles. The largest absolute Gasteiger partial charge is 0.501 e. The van der Waals surface area contributed by atoms with Crippen LogP contribution in [0.5, 0.6) is 11.5 Å². The molecule has 0 spiro atoms. The van der Waals surface area contributed by atoms with Crippen LogP contribution in [0.4, 0.5) is 5.82 Å². The lowest BCUT2D eigenvalue weighted by Gasteiger charge is -2.05. The van der Waals surface area contributed by atoms with Crippen LogP contribution in [0.2, 0.25) is 0 Å². The van der Waals surface area contributed by atoms with Crippen molar-refractivity contribution in [3.8, 4) is 11.5 Å². The normalized spacial score (nSPS) is 14.8. The van der Waals surface area contributed by atoms with Gasteiger partial charge in [0.05, 0.1) is 5.56 Å². The number of pyridine rings is 1. The molecule has 1 amide bonds. The van der Waals surface area contributed by atoms with Crippen molar-refractivity contribution in [1.29, 1.82) is 0 Å². The first-order chi connectivity index (χ1) is 9.55. The molecule has 0 bridgehead atoms. The molecular weight excluding hydrogens is 284 g/mol. The SMILES string of the molecule is O=C(Nc1ccccn1)c1cccc2c1OS(=O)(=O)O2. The van der Waals surface area contributed by atoms with Crippen molar-refractivity contribution >= 4 is 22.1 Å². The zero-order valence-corrected chi connectivity index (χ0v) is 10.8. The number of hydrogen-bond donors (Lipinski definition) is 1. The first-order valence-electron chi connectivity index (χ1n) is 5.54. The summed E-state index contributed by atoms with van der Waals surface area (Å²) in [5, 5.41) is 2.53. The second-order valence-electron chi connectivity index (χ2n) is 3.88. The summed E-state index contributed by atoms with van der Waals surface area (Å²) in [6.45, 7) is 0. The predicted octanol–water partition coefficient (Wildman–Crippen LogP) is 1.35. The van der Waals surface area contributed by atoms with E-state index in [0.29, 0.717) is 5.82 Å². The molecule has 102 valence electrons. The van der Waals surface area contributed by atoms with Gasteiger partial charge in [0.2, 0.25) is 5.75 Å². The van der Waals surface area contributed by atoms with E-state index < -0.39 is 16.3 Å². The quantitative estimate of drug-likeness (QED) is 0.897.